The highest BCUT2D eigenvalue weighted by Crippen LogP contribution is 2.29. The highest BCUT2D eigenvalue weighted by molar-refractivity contribution is 5.68. The molecule has 0 saturated heterocycles. The smallest absolute Gasteiger partial charge is 0.141 e. The van der Waals surface area contributed by atoms with Gasteiger partial charge in [0.15, 0.2) is 0 Å². The van der Waals surface area contributed by atoms with Crippen molar-refractivity contribution in [2.24, 2.45) is 0 Å². The number of benzene rings is 1. The molecule has 2 aromatic rings. The zero-order valence-corrected chi connectivity index (χ0v) is 11.0. The minimum Gasteiger partial charge on any atom is -0.383 e. The molecule has 0 bridgehead atoms. The third-order valence-electron chi connectivity index (χ3n) is 3.07. The van der Waals surface area contributed by atoms with Gasteiger partial charge in [-0.05, 0) is 32.4 Å². The summed E-state index contributed by atoms with van der Waals surface area (Å²) in [6.07, 6.45) is 1.51. The molecule has 0 spiro atoms. The van der Waals surface area contributed by atoms with Gasteiger partial charge >= 0.3 is 0 Å². The SMILES string of the molecule is CCN(c1ccccc1C)c1ncnc(N)c1C. The molecule has 1 aromatic carbocycles. The van der Waals surface area contributed by atoms with Crippen LogP contribution in [0.15, 0.2) is 30.6 Å². The van der Waals surface area contributed by atoms with Crippen LogP contribution in [-0.2, 0) is 0 Å². The highest BCUT2D eigenvalue weighted by Gasteiger charge is 2.14. The first-order valence-electron chi connectivity index (χ1n) is 6.05. The number of nitrogens with zero attached hydrogens (tertiary/aromatic N) is 3. The van der Waals surface area contributed by atoms with Crippen LogP contribution in [0.5, 0.6) is 0 Å². The van der Waals surface area contributed by atoms with Crippen molar-refractivity contribution in [2.75, 3.05) is 17.2 Å². The Morgan fingerprint density at radius 1 is 1.17 bits per heavy atom. The molecule has 4 nitrogen and oxygen atoms in total. The van der Waals surface area contributed by atoms with Gasteiger partial charge in [-0.1, -0.05) is 18.2 Å². The second kappa shape index (κ2) is 5.04. The number of aryl methyl sites for hydroxylation is 1. The van der Waals surface area contributed by atoms with E-state index in [1.165, 1.54) is 11.9 Å². The molecule has 4 heteroatoms. The summed E-state index contributed by atoms with van der Waals surface area (Å²) in [5, 5.41) is 0. The van der Waals surface area contributed by atoms with Crippen LogP contribution in [0.1, 0.15) is 18.1 Å². The Hall–Kier alpha value is -2.10. The van der Waals surface area contributed by atoms with Crippen molar-refractivity contribution in [3.63, 3.8) is 0 Å². The van der Waals surface area contributed by atoms with Gasteiger partial charge in [0, 0.05) is 17.8 Å². The van der Waals surface area contributed by atoms with Crippen molar-refractivity contribution in [2.45, 2.75) is 20.8 Å². The Morgan fingerprint density at radius 2 is 1.89 bits per heavy atom. The first kappa shape index (κ1) is 12.4. The van der Waals surface area contributed by atoms with Gasteiger partial charge in [-0.25, -0.2) is 9.97 Å². The zero-order valence-electron chi connectivity index (χ0n) is 11.0. The van der Waals surface area contributed by atoms with Gasteiger partial charge < -0.3 is 10.6 Å². The van der Waals surface area contributed by atoms with Gasteiger partial charge in [-0.3, -0.25) is 0 Å². The molecule has 2 N–H and O–H groups in total. The van der Waals surface area contributed by atoms with Crippen LogP contribution in [0.25, 0.3) is 0 Å². The maximum atomic E-state index is 5.85. The maximum Gasteiger partial charge on any atom is 0.141 e. The van der Waals surface area contributed by atoms with Crippen molar-refractivity contribution >= 4 is 17.3 Å². The molecule has 1 heterocycles. The van der Waals surface area contributed by atoms with Gasteiger partial charge in [0.1, 0.15) is 18.0 Å². The van der Waals surface area contributed by atoms with Crippen molar-refractivity contribution < 1.29 is 0 Å². The number of para-hydroxylation sites is 1. The second-order valence-corrected chi connectivity index (χ2v) is 4.24. The molecule has 94 valence electrons. The standard InChI is InChI=1S/C14H18N4/c1-4-18(12-8-6-5-7-10(12)2)14-11(3)13(15)16-9-17-14/h5-9H,4H2,1-3H3,(H2,15,16,17). The Balaban J connectivity index is 2.53. The van der Waals surface area contributed by atoms with Gasteiger partial charge in [0.05, 0.1) is 0 Å². The summed E-state index contributed by atoms with van der Waals surface area (Å²) in [4.78, 5) is 10.5. The van der Waals surface area contributed by atoms with Crippen LogP contribution in [0.4, 0.5) is 17.3 Å². The maximum absolute atomic E-state index is 5.85. The number of hydrogen-bond donors (Lipinski definition) is 1. The molecular weight excluding hydrogens is 224 g/mol. The van der Waals surface area contributed by atoms with E-state index in [4.69, 9.17) is 5.73 Å². The number of aromatic nitrogens is 2. The third-order valence-corrected chi connectivity index (χ3v) is 3.07. The Bertz CT molecular complexity index is 551. The minimum absolute atomic E-state index is 0.534. The molecule has 0 aliphatic carbocycles. The van der Waals surface area contributed by atoms with E-state index in [2.05, 4.69) is 40.8 Å². The fourth-order valence-electron chi connectivity index (χ4n) is 2.03. The van der Waals surface area contributed by atoms with E-state index < -0.39 is 0 Å². The first-order valence-corrected chi connectivity index (χ1v) is 6.05. The summed E-state index contributed by atoms with van der Waals surface area (Å²) < 4.78 is 0. The first-order chi connectivity index (χ1) is 8.65. The van der Waals surface area contributed by atoms with Gasteiger partial charge in [0.2, 0.25) is 0 Å². The summed E-state index contributed by atoms with van der Waals surface area (Å²) in [6.45, 7) is 6.98. The Morgan fingerprint density at radius 3 is 2.56 bits per heavy atom. The Labute approximate surface area is 107 Å². The molecule has 0 unspecified atom stereocenters. The molecule has 1 aromatic heterocycles. The minimum atomic E-state index is 0.534. The van der Waals surface area contributed by atoms with E-state index in [-0.39, 0.29) is 0 Å². The second-order valence-electron chi connectivity index (χ2n) is 4.24. The van der Waals surface area contributed by atoms with E-state index in [9.17, 15) is 0 Å². The monoisotopic (exact) mass is 242 g/mol. The number of anilines is 3. The zero-order chi connectivity index (χ0) is 13.1. The molecule has 0 atom stereocenters. The molecule has 0 amide bonds. The summed E-state index contributed by atoms with van der Waals surface area (Å²) in [7, 11) is 0. The average Bonchev–Trinajstić information content (AvgIpc) is 2.37. The lowest BCUT2D eigenvalue weighted by atomic mass is 10.1. The van der Waals surface area contributed by atoms with Crippen LogP contribution in [-0.4, -0.2) is 16.5 Å². The van der Waals surface area contributed by atoms with Gasteiger partial charge in [0.25, 0.3) is 0 Å². The summed E-state index contributed by atoms with van der Waals surface area (Å²) in [5.74, 6) is 1.41. The van der Waals surface area contributed by atoms with E-state index >= 15 is 0 Å². The number of rotatable bonds is 3. The largest absolute Gasteiger partial charge is 0.383 e. The fourth-order valence-corrected chi connectivity index (χ4v) is 2.03. The molecular formula is C14H18N4. The molecule has 0 aliphatic rings. The molecule has 0 aliphatic heterocycles. The van der Waals surface area contributed by atoms with E-state index in [1.807, 2.05) is 19.1 Å². The molecule has 0 fully saturated rings. The molecule has 0 radical (unpaired) electrons. The predicted octanol–water partition coefficient (Wildman–Crippen LogP) is 2.83. The van der Waals surface area contributed by atoms with E-state index in [1.54, 1.807) is 0 Å². The van der Waals surface area contributed by atoms with Crippen LogP contribution < -0.4 is 10.6 Å². The molecule has 0 saturated carbocycles. The van der Waals surface area contributed by atoms with Gasteiger partial charge in [-0.15, -0.1) is 0 Å². The lowest BCUT2D eigenvalue weighted by Crippen LogP contribution is -2.20. The summed E-state index contributed by atoms with van der Waals surface area (Å²) in [5.41, 5.74) is 9.14. The van der Waals surface area contributed by atoms with E-state index in [0.717, 1.165) is 23.6 Å². The van der Waals surface area contributed by atoms with Crippen molar-refractivity contribution in [1.29, 1.82) is 0 Å². The van der Waals surface area contributed by atoms with Crippen LogP contribution in [0, 0.1) is 13.8 Å². The summed E-state index contributed by atoms with van der Waals surface area (Å²) in [6, 6.07) is 8.26. The lowest BCUT2D eigenvalue weighted by molar-refractivity contribution is 0.960. The predicted molar refractivity (Wildman–Crippen MR) is 75.0 cm³/mol. The number of nitrogens with two attached hydrogens (primary N) is 1. The third kappa shape index (κ3) is 2.14. The van der Waals surface area contributed by atoms with Crippen molar-refractivity contribution in [3.05, 3.63) is 41.7 Å². The topological polar surface area (TPSA) is 55.0 Å². The number of hydrogen-bond acceptors (Lipinski definition) is 4. The van der Waals surface area contributed by atoms with Crippen LogP contribution in [0.3, 0.4) is 0 Å². The fraction of sp³-hybridized carbons (Fsp3) is 0.286. The van der Waals surface area contributed by atoms with Crippen LogP contribution in [0.2, 0.25) is 0 Å². The van der Waals surface area contributed by atoms with E-state index in [0.29, 0.717) is 5.82 Å². The summed E-state index contributed by atoms with van der Waals surface area (Å²) >= 11 is 0. The quantitative estimate of drug-likeness (QED) is 0.899. The normalized spacial score (nSPS) is 10.4. The number of nitrogen functional groups attached to an aromatic ring is 1. The van der Waals surface area contributed by atoms with Crippen molar-refractivity contribution in [3.8, 4) is 0 Å². The average molecular weight is 242 g/mol. The van der Waals surface area contributed by atoms with Gasteiger partial charge in [-0.2, -0.15) is 0 Å². The highest BCUT2D eigenvalue weighted by atomic mass is 15.2. The lowest BCUT2D eigenvalue weighted by Gasteiger charge is -2.25. The Kier molecular flexibility index (Phi) is 3.46. The van der Waals surface area contributed by atoms with Crippen molar-refractivity contribution in [1.82, 2.24) is 9.97 Å². The molecule has 2 rings (SSSR count). The van der Waals surface area contributed by atoms with Crippen LogP contribution >= 0.6 is 0 Å². The molecule has 18 heavy (non-hydrogen) atoms.